The molecule has 4 rings (SSSR count). The third-order valence-electron chi connectivity index (χ3n) is 4.63. The minimum atomic E-state index is -0.125. The zero-order valence-electron chi connectivity index (χ0n) is 14.2. The van der Waals surface area contributed by atoms with E-state index in [-0.39, 0.29) is 18.1 Å². The van der Waals surface area contributed by atoms with Crippen LogP contribution in [-0.2, 0) is 4.74 Å². The molecule has 1 fully saturated rings. The number of aryl methyl sites for hydroxylation is 1. The molecule has 0 aliphatic carbocycles. The minimum Gasteiger partial charge on any atom is -0.370 e. The second-order valence-electron chi connectivity index (χ2n) is 6.35. The van der Waals surface area contributed by atoms with Crippen molar-refractivity contribution in [2.45, 2.75) is 26.0 Å². The van der Waals surface area contributed by atoms with Crippen LogP contribution in [0.15, 0.2) is 43.0 Å². The van der Waals surface area contributed by atoms with Crippen molar-refractivity contribution in [3.05, 3.63) is 59.8 Å². The number of aromatic nitrogens is 4. The van der Waals surface area contributed by atoms with Crippen LogP contribution in [0.25, 0.3) is 5.65 Å². The van der Waals surface area contributed by atoms with Gasteiger partial charge in [0.1, 0.15) is 18.1 Å². The second kappa shape index (κ2) is 6.25. The molecule has 1 amide bonds. The Morgan fingerprint density at radius 3 is 3.00 bits per heavy atom. The Bertz CT molecular complexity index is 922. The topological polar surface area (TPSA) is 72.6 Å². The second-order valence-corrected chi connectivity index (χ2v) is 6.35. The Hall–Kier alpha value is -2.80. The lowest BCUT2D eigenvalue weighted by atomic mass is 10.0. The van der Waals surface area contributed by atoms with E-state index in [2.05, 4.69) is 34.2 Å². The van der Waals surface area contributed by atoms with Crippen LogP contribution in [0.4, 0.5) is 0 Å². The third kappa shape index (κ3) is 2.87. The van der Waals surface area contributed by atoms with Crippen molar-refractivity contribution in [1.82, 2.24) is 24.5 Å². The normalized spacial score (nSPS) is 20.8. The summed E-state index contributed by atoms with van der Waals surface area (Å²) in [5.74, 6) is -0.106. The molecule has 0 bridgehead atoms. The molecular formula is C18H19N5O2. The first-order valence-corrected chi connectivity index (χ1v) is 8.27. The first-order chi connectivity index (χ1) is 12.1. The fourth-order valence-corrected chi connectivity index (χ4v) is 3.17. The van der Waals surface area contributed by atoms with Gasteiger partial charge in [0.05, 0.1) is 25.4 Å². The molecule has 1 aliphatic heterocycles. The highest BCUT2D eigenvalue weighted by Gasteiger charge is 2.32. The lowest BCUT2D eigenvalue weighted by Gasteiger charge is -2.38. The largest absolute Gasteiger partial charge is 0.370 e. The van der Waals surface area contributed by atoms with Crippen LogP contribution in [0.3, 0.4) is 0 Å². The number of rotatable bonds is 2. The predicted octanol–water partition coefficient (Wildman–Crippen LogP) is 2.03. The number of morpholine rings is 1. The Balaban J connectivity index is 1.61. The molecule has 3 aromatic rings. The van der Waals surface area contributed by atoms with Crippen molar-refractivity contribution >= 4 is 11.6 Å². The van der Waals surface area contributed by atoms with Gasteiger partial charge in [-0.1, -0.05) is 24.3 Å². The van der Waals surface area contributed by atoms with Crippen LogP contribution in [0, 0.1) is 6.92 Å². The van der Waals surface area contributed by atoms with Crippen LogP contribution in [0.2, 0.25) is 0 Å². The quantitative estimate of drug-likeness (QED) is 0.715. The van der Waals surface area contributed by atoms with E-state index < -0.39 is 0 Å². The molecule has 3 heterocycles. The van der Waals surface area contributed by atoms with Crippen molar-refractivity contribution in [1.29, 1.82) is 0 Å². The predicted molar refractivity (Wildman–Crippen MR) is 91.2 cm³/mol. The average molecular weight is 337 g/mol. The van der Waals surface area contributed by atoms with E-state index in [1.807, 2.05) is 24.0 Å². The summed E-state index contributed by atoms with van der Waals surface area (Å²) in [6, 6.07) is 8.11. The molecule has 0 radical (unpaired) electrons. The highest BCUT2D eigenvalue weighted by atomic mass is 16.5. The summed E-state index contributed by atoms with van der Waals surface area (Å²) in [7, 11) is 0. The lowest BCUT2D eigenvalue weighted by molar-refractivity contribution is -0.0491. The molecule has 128 valence electrons. The fraction of sp³-hybridized carbons (Fsp3) is 0.333. The SMILES string of the molecule is Cc1ccccc1C1CN(C(=O)c2cn3cnnc3cn2)C(C)CO1. The smallest absolute Gasteiger partial charge is 0.274 e. The van der Waals surface area contributed by atoms with Crippen molar-refractivity contribution in [2.75, 3.05) is 13.2 Å². The maximum absolute atomic E-state index is 13.0. The van der Waals surface area contributed by atoms with Gasteiger partial charge in [0, 0.05) is 6.20 Å². The molecule has 25 heavy (non-hydrogen) atoms. The van der Waals surface area contributed by atoms with Crippen LogP contribution in [0.1, 0.15) is 34.6 Å². The number of amides is 1. The van der Waals surface area contributed by atoms with E-state index in [4.69, 9.17) is 4.74 Å². The Kier molecular flexibility index (Phi) is 3.93. The standard InChI is InChI=1S/C18H19N5O2/c1-12-5-3-4-6-14(12)16-9-23(13(2)10-25-16)18(24)15-8-22-11-20-21-17(22)7-19-15/h3-8,11,13,16H,9-10H2,1-2H3. The van der Waals surface area contributed by atoms with Gasteiger partial charge >= 0.3 is 0 Å². The maximum atomic E-state index is 13.0. The summed E-state index contributed by atoms with van der Waals surface area (Å²) in [5, 5.41) is 7.73. The van der Waals surface area contributed by atoms with Crippen LogP contribution < -0.4 is 0 Å². The van der Waals surface area contributed by atoms with Gasteiger partial charge in [-0.3, -0.25) is 9.20 Å². The maximum Gasteiger partial charge on any atom is 0.274 e. The molecule has 7 heteroatoms. The van der Waals surface area contributed by atoms with E-state index in [1.54, 1.807) is 23.1 Å². The first-order valence-electron chi connectivity index (χ1n) is 8.27. The Morgan fingerprint density at radius 2 is 2.16 bits per heavy atom. The average Bonchev–Trinajstić information content (AvgIpc) is 3.10. The molecule has 1 aromatic carbocycles. The van der Waals surface area contributed by atoms with E-state index in [9.17, 15) is 4.79 Å². The van der Waals surface area contributed by atoms with Gasteiger partial charge in [0.15, 0.2) is 5.65 Å². The Labute approximate surface area is 145 Å². The summed E-state index contributed by atoms with van der Waals surface area (Å²) in [6.07, 6.45) is 4.67. The van der Waals surface area contributed by atoms with E-state index >= 15 is 0 Å². The highest BCUT2D eigenvalue weighted by molar-refractivity contribution is 5.92. The number of hydrogen-bond donors (Lipinski definition) is 0. The number of hydrogen-bond acceptors (Lipinski definition) is 5. The van der Waals surface area contributed by atoms with E-state index in [0.717, 1.165) is 5.56 Å². The van der Waals surface area contributed by atoms with Crippen molar-refractivity contribution in [3.63, 3.8) is 0 Å². The molecular weight excluding hydrogens is 318 g/mol. The minimum absolute atomic E-state index is 0.00817. The van der Waals surface area contributed by atoms with Gasteiger partial charge in [-0.15, -0.1) is 10.2 Å². The van der Waals surface area contributed by atoms with Gasteiger partial charge in [-0.2, -0.15) is 0 Å². The van der Waals surface area contributed by atoms with E-state index in [1.165, 1.54) is 5.56 Å². The van der Waals surface area contributed by atoms with Crippen LogP contribution in [-0.4, -0.2) is 49.6 Å². The summed E-state index contributed by atoms with van der Waals surface area (Å²) in [5.41, 5.74) is 3.28. The van der Waals surface area contributed by atoms with Crippen molar-refractivity contribution < 1.29 is 9.53 Å². The van der Waals surface area contributed by atoms with E-state index in [0.29, 0.717) is 24.5 Å². The summed E-state index contributed by atoms with van der Waals surface area (Å²) in [4.78, 5) is 19.1. The van der Waals surface area contributed by atoms with Crippen LogP contribution >= 0.6 is 0 Å². The molecule has 2 unspecified atom stereocenters. The monoisotopic (exact) mass is 337 g/mol. The molecule has 0 spiro atoms. The molecule has 2 aromatic heterocycles. The number of carbonyl (C=O) groups excluding carboxylic acids is 1. The molecule has 0 N–H and O–H groups in total. The molecule has 0 saturated carbocycles. The number of carbonyl (C=O) groups is 1. The zero-order valence-corrected chi connectivity index (χ0v) is 14.2. The number of ether oxygens (including phenoxy) is 1. The zero-order chi connectivity index (χ0) is 17.4. The van der Waals surface area contributed by atoms with Gasteiger partial charge in [-0.05, 0) is 25.0 Å². The lowest BCUT2D eigenvalue weighted by Crippen LogP contribution is -2.48. The van der Waals surface area contributed by atoms with Crippen LogP contribution in [0.5, 0.6) is 0 Å². The van der Waals surface area contributed by atoms with Crippen molar-refractivity contribution in [3.8, 4) is 0 Å². The van der Waals surface area contributed by atoms with Gasteiger partial charge in [0.25, 0.3) is 5.91 Å². The Morgan fingerprint density at radius 1 is 1.32 bits per heavy atom. The molecule has 2 atom stereocenters. The number of benzene rings is 1. The summed E-state index contributed by atoms with van der Waals surface area (Å²) >= 11 is 0. The van der Waals surface area contributed by atoms with Gasteiger partial charge in [-0.25, -0.2) is 4.98 Å². The summed E-state index contributed by atoms with van der Waals surface area (Å²) < 4.78 is 7.69. The fourth-order valence-electron chi connectivity index (χ4n) is 3.17. The van der Waals surface area contributed by atoms with Crippen molar-refractivity contribution in [2.24, 2.45) is 0 Å². The van der Waals surface area contributed by atoms with Gasteiger partial charge < -0.3 is 9.64 Å². The van der Waals surface area contributed by atoms with Gasteiger partial charge in [0.2, 0.25) is 0 Å². The third-order valence-corrected chi connectivity index (χ3v) is 4.63. The highest BCUT2D eigenvalue weighted by Crippen LogP contribution is 2.27. The number of nitrogens with zero attached hydrogens (tertiary/aromatic N) is 5. The molecule has 1 saturated heterocycles. The first kappa shape index (κ1) is 15.7. The molecule has 1 aliphatic rings. The number of fused-ring (bicyclic) bond motifs is 1. The molecule has 7 nitrogen and oxygen atoms in total. The summed E-state index contributed by atoms with van der Waals surface area (Å²) in [6.45, 7) is 5.06.